The molecular weight excluding hydrogens is 296 g/mol. The van der Waals surface area contributed by atoms with Gasteiger partial charge in [0.15, 0.2) is 4.21 Å². The lowest BCUT2D eigenvalue weighted by Gasteiger charge is -2.19. The number of thiazole rings is 1. The third-order valence-corrected chi connectivity index (χ3v) is 6.30. The van der Waals surface area contributed by atoms with Crippen molar-refractivity contribution in [2.24, 2.45) is 0 Å². The summed E-state index contributed by atoms with van der Waals surface area (Å²) < 4.78 is 25.2. The Morgan fingerprint density at radius 2 is 2.16 bits per heavy atom. The maximum absolute atomic E-state index is 12.3. The molecule has 0 saturated carbocycles. The Morgan fingerprint density at radius 3 is 2.63 bits per heavy atom. The lowest BCUT2D eigenvalue weighted by atomic mass is 10.2. The molecule has 10 heteroatoms. The first kappa shape index (κ1) is 14.2. The summed E-state index contributed by atoms with van der Waals surface area (Å²) in [7, 11) is -4.10. The number of aryl methyl sites for hydroxylation is 1. The van der Waals surface area contributed by atoms with Gasteiger partial charge in [-0.3, -0.25) is 9.59 Å². The Bertz CT molecular complexity index is 660. The van der Waals surface area contributed by atoms with E-state index in [0.717, 1.165) is 4.31 Å². The van der Waals surface area contributed by atoms with Crippen LogP contribution in [0, 0.1) is 6.92 Å². The monoisotopic (exact) mass is 308 g/mol. The maximum atomic E-state index is 12.3. The first-order valence-corrected chi connectivity index (χ1v) is 7.61. The van der Waals surface area contributed by atoms with Crippen molar-refractivity contribution in [2.45, 2.75) is 29.7 Å². The number of aromatic nitrogens is 1. The normalized spacial score (nSPS) is 24.7. The van der Waals surface area contributed by atoms with Gasteiger partial charge in [0.2, 0.25) is 0 Å². The zero-order valence-corrected chi connectivity index (χ0v) is 11.5. The van der Waals surface area contributed by atoms with E-state index in [1.165, 1.54) is 6.92 Å². The van der Waals surface area contributed by atoms with Crippen molar-refractivity contribution < 1.29 is 23.4 Å². The van der Waals surface area contributed by atoms with Crippen LogP contribution in [-0.2, 0) is 14.8 Å². The zero-order valence-electron chi connectivity index (χ0n) is 9.86. The maximum Gasteiger partial charge on any atom is 0.322 e. The molecule has 1 aliphatic rings. The van der Waals surface area contributed by atoms with E-state index in [9.17, 15) is 23.1 Å². The van der Waals surface area contributed by atoms with Crippen LogP contribution in [0.5, 0.6) is 0 Å². The van der Waals surface area contributed by atoms with Crippen molar-refractivity contribution in [1.82, 2.24) is 9.29 Å². The van der Waals surface area contributed by atoms with Gasteiger partial charge in [-0.25, -0.2) is 8.42 Å². The highest BCUT2D eigenvalue weighted by Gasteiger charge is 2.44. The second kappa shape index (κ2) is 4.71. The standard InChI is InChI=1S/C9H12N2O6S2/c1-4-8(18-9(15)10-4)19(16,17)11-3-5(12)2-6(11)7(13)14/h5-6,12H,2-3H2,1H3,(H,10,15)(H,13,14)/t5-,6-/m0/s1. The molecule has 3 N–H and O–H groups in total. The number of rotatable bonds is 3. The van der Waals surface area contributed by atoms with Crippen molar-refractivity contribution in [1.29, 1.82) is 0 Å². The molecule has 0 bridgehead atoms. The Hall–Kier alpha value is -1.23. The van der Waals surface area contributed by atoms with Crippen molar-refractivity contribution in [2.75, 3.05) is 6.54 Å². The number of nitrogens with one attached hydrogen (secondary N) is 1. The van der Waals surface area contributed by atoms with Gasteiger partial charge in [0, 0.05) is 18.7 Å². The average Bonchev–Trinajstić information content (AvgIpc) is 2.82. The zero-order chi connectivity index (χ0) is 14.4. The van der Waals surface area contributed by atoms with E-state index in [2.05, 4.69) is 4.98 Å². The Balaban J connectivity index is 2.47. The number of sulfonamides is 1. The lowest BCUT2D eigenvalue weighted by molar-refractivity contribution is -0.140. The number of carbonyl (C=O) groups is 1. The number of nitrogens with zero attached hydrogens (tertiary/aromatic N) is 1. The van der Waals surface area contributed by atoms with Crippen LogP contribution >= 0.6 is 11.3 Å². The fraction of sp³-hybridized carbons (Fsp3) is 0.556. The minimum Gasteiger partial charge on any atom is -0.480 e. The highest BCUT2D eigenvalue weighted by atomic mass is 32.2. The Morgan fingerprint density at radius 1 is 1.53 bits per heavy atom. The number of β-amino-alcohol motifs (C(OH)–C–C–N with tert-alkyl or cyclic N) is 1. The summed E-state index contributed by atoms with van der Waals surface area (Å²) in [5.74, 6) is -1.32. The van der Waals surface area contributed by atoms with Gasteiger partial charge in [-0.1, -0.05) is 11.3 Å². The topological polar surface area (TPSA) is 128 Å². The van der Waals surface area contributed by atoms with Crippen LogP contribution in [0.25, 0.3) is 0 Å². The smallest absolute Gasteiger partial charge is 0.322 e. The van der Waals surface area contributed by atoms with Gasteiger partial charge in [-0.15, -0.1) is 0 Å². The number of aliphatic carboxylic acids is 1. The third kappa shape index (κ3) is 2.43. The Labute approximate surface area is 112 Å². The van der Waals surface area contributed by atoms with E-state index in [-0.39, 0.29) is 22.9 Å². The predicted octanol–water partition coefficient (Wildman–Crippen LogP) is -1.05. The molecule has 0 radical (unpaired) electrons. The van der Waals surface area contributed by atoms with Crippen LogP contribution < -0.4 is 4.87 Å². The first-order valence-electron chi connectivity index (χ1n) is 5.36. The molecule has 1 aromatic rings. The van der Waals surface area contributed by atoms with E-state index in [0.29, 0.717) is 11.3 Å². The minimum atomic E-state index is -4.10. The fourth-order valence-electron chi connectivity index (χ4n) is 2.02. The molecule has 0 unspecified atom stereocenters. The number of hydrogen-bond donors (Lipinski definition) is 3. The molecule has 1 fully saturated rings. The van der Waals surface area contributed by atoms with Gasteiger partial charge in [-0.2, -0.15) is 4.31 Å². The largest absolute Gasteiger partial charge is 0.480 e. The molecule has 2 rings (SSSR count). The SMILES string of the molecule is Cc1[nH]c(=O)sc1S(=O)(=O)N1C[C@@H](O)C[C@H]1C(=O)O. The summed E-state index contributed by atoms with van der Waals surface area (Å²) >= 11 is 0.508. The van der Waals surface area contributed by atoms with E-state index < -0.39 is 33.0 Å². The molecule has 1 saturated heterocycles. The van der Waals surface area contributed by atoms with Gasteiger partial charge in [0.25, 0.3) is 10.0 Å². The molecule has 106 valence electrons. The van der Waals surface area contributed by atoms with Crippen LogP contribution in [0.3, 0.4) is 0 Å². The second-order valence-electron chi connectivity index (χ2n) is 4.25. The van der Waals surface area contributed by atoms with Gasteiger partial charge >= 0.3 is 10.8 Å². The average molecular weight is 308 g/mol. The number of H-pyrrole nitrogens is 1. The van der Waals surface area contributed by atoms with Crippen molar-refractivity contribution >= 4 is 27.3 Å². The molecule has 0 amide bonds. The van der Waals surface area contributed by atoms with Crippen molar-refractivity contribution in [3.8, 4) is 0 Å². The quantitative estimate of drug-likeness (QED) is 0.654. The number of hydrogen-bond acceptors (Lipinski definition) is 6. The van der Waals surface area contributed by atoms with Gasteiger partial charge in [-0.05, 0) is 6.92 Å². The first-order chi connectivity index (χ1) is 8.73. The van der Waals surface area contributed by atoms with E-state index >= 15 is 0 Å². The number of aromatic amines is 1. The molecule has 1 aliphatic heterocycles. The van der Waals surface area contributed by atoms with Crippen LogP contribution in [0.15, 0.2) is 9.00 Å². The summed E-state index contributed by atoms with van der Waals surface area (Å²) in [6.07, 6.45) is -1.18. The summed E-state index contributed by atoms with van der Waals surface area (Å²) in [4.78, 5) is 24.0. The summed E-state index contributed by atoms with van der Waals surface area (Å²) in [5, 5.41) is 18.5. The van der Waals surface area contributed by atoms with Crippen LogP contribution in [-0.4, -0.2) is 52.6 Å². The minimum absolute atomic E-state index is 0.160. The lowest BCUT2D eigenvalue weighted by Crippen LogP contribution is -2.40. The van der Waals surface area contributed by atoms with E-state index in [1.807, 2.05) is 0 Å². The van der Waals surface area contributed by atoms with Crippen molar-refractivity contribution in [3.63, 3.8) is 0 Å². The molecule has 1 aromatic heterocycles. The van der Waals surface area contributed by atoms with E-state index in [4.69, 9.17) is 5.11 Å². The summed E-state index contributed by atoms with van der Waals surface area (Å²) in [6.45, 7) is 1.14. The van der Waals surface area contributed by atoms with Crippen molar-refractivity contribution in [3.05, 3.63) is 15.4 Å². The molecule has 0 aliphatic carbocycles. The highest BCUT2D eigenvalue weighted by Crippen LogP contribution is 2.28. The Kier molecular flexibility index (Phi) is 3.51. The van der Waals surface area contributed by atoms with Gasteiger partial charge in [0.05, 0.1) is 6.10 Å². The molecular formula is C9H12N2O6S2. The number of aliphatic hydroxyl groups is 1. The number of aliphatic hydroxyl groups excluding tert-OH is 1. The molecule has 2 atom stereocenters. The van der Waals surface area contributed by atoms with Gasteiger partial charge in [0.1, 0.15) is 6.04 Å². The number of carboxylic acids is 1. The number of carboxylic acid groups (broad SMARTS) is 1. The highest BCUT2D eigenvalue weighted by molar-refractivity contribution is 7.91. The molecule has 19 heavy (non-hydrogen) atoms. The third-order valence-electron chi connectivity index (χ3n) is 2.84. The van der Waals surface area contributed by atoms with E-state index in [1.54, 1.807) is 0 Å². The second-order valence-corrected chi connectivity index (χ2v) is 7.31. The van der Waals surface area contributed by atoms with Crippen LogP contribution in [0.2, 0.25) is 0 Å². The van der Waals surface area contributed by atoms with Gasteiger partial charge < -0.3 is 15.2 Å². The molecule has 2 heterocycles. The summed E-state index contributed by atoms with van der Waals surface area (Å²) in [6, 6.07) is -1.31. The van der Waals surface area contributed by atoms with Crippen LogP contribution in [0.4, 0.5) is 0 Å². The summed E-state index contributed by atoms with van der Waals surface area (Å²) in [5.41, 5.74) is 0.167. The predicted molar refractivity (Wildman–Crippen MR) is 65.6 cm³/mol. The van der Waals surface area contributed by atoms with Crippen LogP contribution in [0.1, 0.15) is 12.1 Å². The molecule has 8 nitrogen and oxygen atoms in total. The fourth-order valence-corrected chi connectivity index (χ4v) is 5.06. The molecule has 0 aromatic carbocycles. The molecule has 0 spiro atoms.